The molecule has 2 aromatic carbocycles. The number of hydrogen-bond donors (Lipinski definition) is 0. The highest BCUT2D eigenvalue weighted by molar-refractivity contribution is 5.67. The third-order valence-electron chi connectivity index (χ3n) is 3.38. The van der Waals surface area contributed by atoms with E-state index in [1.165, 1.54) is 29.2 Å². The Morgan fingerprint density at radius 1 is 1.04 bits per heavy atom. The number of rotatable bonds is 8. The van der Waals surface area contributed by atoms with Gasteiger partial charge in [-0.3, -0.25) is 10.1 Å². The van der Waals surface area contributed by atoms with E-state index in [-0.39, 0.29) is 11.8 Å². The molecule has 0 aliphatic rings. The molecule has 0 radical (unpaired) electrons. The fourth-order valence-electron chi connectivity index (χ4n) is 2.00. The molecule has 0 aliphatic carbocycles. The van der Waals surface area contributed by atoms with E-state index in [0.717, 1.165) is 0 Å². The molecule has 0 bridgehead atoms. The normalized spacial score (nSPS) is 10.1. The first-order chi connectivity index (χ1) is 12.5. The van der Waals surface area contributed by atoms with Crippen molar-refractivity contribution in [1.82, 2.24) is 4.90 Å². The predicted octanol–water partition coefficient (Wildman–Crippen LogP) is 3.85. The molecule has 138 valence electrons. The number of likely N-dealkylation sites (N-methyl/N-ethyl adjacent to an activating group) is 1. The molecule has 0 fully saturated rings. The molecule has 1 amide bonds. The lowest BCUT2D eigenvalue weighted by atomic mass is 10.3. The highest BCUT2D eigenvalue weighted by Gasteiger charge is 2.09. The second kappa shape index (κ2) is 9.26. The Morgan fingerprint density at radius 3 is 2.12 bits per heavy atom. The molecule has 0 unspecified atom stereocenters. The van der Waals surface area contributed by atoms with E-state index >= 15 is 0 Å². The van der Waals surface area contributed by atoms with Crippen LogP contribution in [0.25, 0.3) is 0 Å². The zero-order valence-corrected chi connectivity index (χ0v) is 14.6. The van der Waals surface area contributed by atoms with Gasteiger partial charge >= 0.3 is 6.09 Å². The summed E-state index contributed by atoms with van der Waals surface area (Å²) in [6.07, 6.45) is -0.386. The SMILES string of the molecule is CCOC(=O)N(C)CCOc1ccc(Oc2ccc([N+](=O)[O-])cc2)cc1. The highest BCUT2D eigenvalue weighted by Crippen LogP contribution is 2.25. The maximum absolute atomic E-state index is 11.5. The van der Waals surface area contributed by atoms with Crippen LogP contribution in [0.2, 0.25) is 0 Å². The number of nitro benzene ring substituents is 1. The standard InChI is InChI=1S/C18H20N2O6/c1-3-24-18(21)19(2)12-13-25-15-8-10-17(11-9-15)26-16-6-4-14(5-7-16)20(22)23/h4-11H,3,12-13H2,1-2H3. The minimum atomic E-state index is -0.463. The molecule has 2 aromatic rings. The average Bonchev–Trinajstić information content (AvgIpc) is 2.63. The number of hydrogen-bond acceptors (Lipinski definition) is 6. The second-order valence-corrected chi connectivity index (χ2v) is 5.29. The Bertz CT molecular complexity index is 730. The molecule has 0 saturated carbocycles. The van der Waals surface area contributed by atoms with Crippen molar-refractivity contribution in [3.63, 3.8) is 0 Å². The quantitative estimate of drug-likeness (QED) is 0.524. The van der Waals surface area contributed by atoms with Gasteiger partial charge < -0.3 is 19.1 Å². The van der Waals surface area contributed by atoms with E-state index in [4.69, 9.17) is 14.2 Å². The summed E-state index contributed by atoms with van der Waals surface area (Å²) in [5.41, 5.74) is 0.00823. The van der Waals surface area contributed by atoms with Crippen LogP contribution in [0, 0.1) is 10.1 Å². The zero-order chi connectivity index (χ0) is 18.9. The molecule has 0 aromatic heterocycles. The number of amides is 1. The molecule has 0 spiro atoms. The van der Waals surface area contributed by atoms with E-state index in [2.05, 4.69) is 0 Å². The largest absolute Gasteiger partial charge is 0.492 e. The smallest absolute Gasteiger partial charge is 0.409 e. The Hall–Kier alpha value is -3.29. The maximum Gasteiger partial charge on any atom is 0.409 e. The average molecular weight is 360 g/mol. The van der Waals surface area contributed by atoms with Gasteiger partial charge in [0.1, 0.15) is 23.9 Å². The molecule has 0 saturated heterocycles. The molecule has 0 N–H and O–H groups in total. The Balaban J connectivity index is 1.82. The lowest BCUT2D eigenvalue weighted by molar-refractivity contribution is -0.384. The Kier molecular flexibility index (Phi) is 6.78. The maximum atomic E-state index is 11.5. The fourth-order valence-corrected chi connectivity index (χ4v) is 2.00. The van der Waals surface area contributed by atoms with Gasteiger partial charge in [0.2, 0.25) is 0 Å². The topological polar surface area (TPSA) is 91.1 Å². The van der Waals surface area contributed by atoms with Crippen LogP contribution in [0.5, 0.6) is 17.2 Å². The summed E-state index contributed by atoms with van der Waals surface area (Å²) in [4.78, 5) is 23.1. The van der Waals surface area contributed by atoms with Crippen LogP contribution in [0.15, 0.2) is 48.5 Å². The predicted molar refractivity (Wildman–Crippen MR) is 94.8 cm³/mol. The molecular formula is C18H20N2O6. The van der Waals surface area contributed by atoms with Crippen molar-refractivity contribution in [3.8, 4) is 17.2 Å². The molecule has 8 nitrogen and oxygen atoms in total. The number of nitrogens with zero attached hydrogens (tertiary/aromatic N) is 2. The van der Waals surface area contributed by atoms with Gasteiger partial charge in [-0.15, -0.1) is 0 Å². The van der Waals surface area contributed by atoms with Crippen molar-refractivity contribution in [2.24, 2.45) is 0 Å². The van der Waals surface area contributed by atoms with Gasteiger partial charge in [-0.25, -0.2) is 4.79 Å². The molecule has 8 heteroatoms. The monoisotopic (exact) mass is 360 g/mol. The van der Waals surface area contributed by atoms with Crippen molar-refractivity contribution < 1.29 is 23.9 Å². The van der Waals surface area contributed by atoms with Crippen LogP contribution in [0.1, 0.15) is 6.92 Å². The first kappa shape index (κ1) is 19.0. The van der Waals surface area contributed by atoms with Gasteiger partial charge in [-0.1, -0.05) is 0 Å². The van der Waals surface area contributed by atoms with Crippen LogP contribution in [-0.2, 0) is 4.74 Å². The molecule has 0 atom stereocenters. The van der Waals surface area contributed by atoms with Crippen molar-refractivity contribution in [3.05, 3.63) is 58.6 Å². The van der Waals surface area contributed by atoms with Gasteiger partial charge in [-0.2, -0.15) is 0 Å². The first-order valence-corrected chi connectivity index (χ1v) is 8.02. The summed E-state index contributed by atoms with van der Waals surface area (Å²) in [5, 5.41) is 10.6. The van der Waals surface area contributed by atoms with Gasteiger partial charge in [0.25, 0.3) is 5.69 Å². The number of benzene rings is 2. The summed E-state index contributed by atoms with van der Waals surface area (Å²) >= 11 is 0. The third kappa shape index (κ3) is 5.66. The third-order valence-corrected chi connectivity index (χ3v) is 3.38. The van der Waals surface area contributed by atoms with E-state index in [1.807, 2.05) is 0 Å². The van der Waals surface area contributed by atoms with Crippen molar-refractivity contribution in [2.45, 2.75) is 6.92 Å². The lowest BCUT2D eigenvalue weighted by Gasteiger charge is -2.16. The van der Waals surface area contributed by atoms with Gasteiger partial charge in [-0.05, 0) is 43.3 Å². The van der Waals surface area contributed by atoms with E-state index in [0.29, 0.717) is 37.0 Å². The molecule has 0 heterocycles. The van der Waals surface area contributed by atoms with Crippen LogP contribution in [0.3, 0.4) is 0 Å². The van der Waals surface area contributed by atoms with Crippen molar-refractivity contribution in [2.75, 3.05) is 26.8 Å². The summed E-state index contributed by atoms with van der Waals surface area (Å²) in [6, 6.07) is 12.8. The molecule has 2 rings (SSSR count). The number of carbonyl (C=O) groups is 1. The van der Waals surface area contributed by atoms with Crippen LogP contribution < -0.4 is 9.47 Å². The number of non-ortho nitro benzene ring substituents is 1. The van der Waals surface area contributed by atoms with Crippen LogP contribution in [-0.4, -0.2) is 42.7 Å². The molecule has 26 heavy (non-hydrogen) atoms. The number of carbonyl (C=O) groups excluding carboxylic acids is 1. The van der Waals surface area contributed by atoms with Crippen molar-refractivity contribution in [1.29, 1.82) is 0 Å². The number of ether oxygens (including phenoxy) is 3. The Labute approximate surface area is 151 Å². The van der Waals surface area contributed by atoms with Gasteiger partial charge in [0, 0.05) is 19.2 Å². The summed E-state index contributed by atoms with van der Waals surface area (Å²) < 4.78 is 16.1. The van der Waals surface area contributed by atoms with E-state index < -0.39 is 4.92 Å². The molecule has 0 aliphatic heterocycles. The zero-order valence-electron chi connectivity index (χ0n) is 14.6. The summed E-state index contributed by atoms with van der Waals surface area (Å²) in [6.45, 7) is 2.82. The van der Waals surface area contributed by atoms with Crippen LogP contribution in [0.4, 0.5) is 10.5 Å². The summed E-state index contributed by atoms with van der Waals surface area (Å²) in [5.74, 6) is 1.72. The first-order valence-electron chi connectivity index (χ1n) is 8.02. The minimum Gasteiger partial charge on any atom is -0.492 e. The van der Waals surface area contributed by atoms with Crippen LogP contribution >= 0.6 is 0 Å². The van der Waals surface area contributed by atoms with E-state index in [1.54, 1.807) is 38.2 Å². The van der Waals surface area contributed by atoms with E-state index in [9.17, 15) is 14.9 Å². The minimum absolute atomic E-state index is 0.00823. The number of nitro groups is 1. The highest BCUT2D eigenvalue weighted by atomic mass is 16.6. The van der Waals surface area contributed by atoms with Crippen molar-refractivity contribution >= 4 is 11.8 Å². The Morgan fingerprint density at radius 2 is 1.58 bits per heavy atom. The summed E-state index contributed by atoms with van der Waals surface area (Å²) in [7, 11) is 1.64. The van der Waals surface area contributed by atoms with Gasteiger partial charge in [0.15, 0.2) is 0 Å². The van der Waals surface area contributed by atoms with Gasteiger partial charge in [0.05, 0.1) is 18.1 Å². The fraction of sp³-hybridized carbons (Fsp3) is 0.278. The lowest BCUT2D eigenvalue weighted by Crippen LogP contribution is -2.31. The second-order valence-electron chi connectivity index (χ2n) is 5.29. The molecular weight excluding hydrogens is 340 g/mol.